The summed E-state index contributed by atoms with van der Waals surface area (Å²) in [6.45, 7) is 11.5. The zero-order chi connectivity index (χ0) is 19.4. The molecule has 1 fully saturated rings. The fourth-order valence-electron chi connectivity index (χ4n) is 3.72. The number of aromatic nitrogens is 2. The Kier molecular flexibility index (Phi) is 6.40. The van der Waals surface area contributed by atoms with Crippen LogP contribution >= 0.6 is 0 Å². The van der Waals surface area contributed by atoms with E-state index in [1.54, 1.807) is 0 Å². The number of rotatable bonds is 7. The first-order valence-corrected chi connectivity index (χ1v) is 10.5. The van der Waals surface area contributed by atoms with E-state index in [2.05, 4.69) is 66.7 Å². The smallest absolute Gasteiger partial charge is 0.223 e. The summed E-state index contributed by atoms with van der Waals surface area (Å²) in [5.74, 6) is 2.08. The van der Waals surface area contributed by atoms with Crippen molar-refractivity contribution >= 4 is 22.9 Å². The molecule has 27 heavy (non-hydrogen) atoms. The quantitative estimate of drug-likeness (QED) is 0.794. The maximum atomic E-state index is 12.4. The molecule has 1 aliphatic rings. The van der Waals surface area contributed by atoms with E-state index in [1.807, 2.05) is 0 Å². The molecule has 0 aliphatic carbocycles. The molecule has 0 bridgehead atoms. The highest BCUT2D eigenvalue weighted by Crippen LogP contribution is 2.28. The number of benzene rings is 1. The van der Waals surface area contributed by atoms with Gasteiger partial charge in [-0.05, 0) is 50.7 Å². The number of imidazole rings is 1. The molecule has 3 rings (SSSR count). The van der Waals surface area contributed by atoms with Crippen molar-refractivity contribution in [3.05, 3.63) is 24.3 Å². The summed E-state index contributed by atoms with van der Waals surface area (Å²) in [5, 5.41) is 3.14. The number of carbonyl (C=O) groups excluding carboxylic acids is 1. The molecule has 0 spiro atoms. The van der Waals surface area contributed by atoms with E-state index in [1.165, 1.54) is 5.52 Å². The molecule has 0 radical (unpaired) electrons. The van der Waals surface area contributed by atoms with E-state index in [9.17, 15) is 4.79 Å². The number of nitrogens with one attached hydrogen (secondary N) is 1. The van der Waals surface area contributed by atoms with Gasteiger partial charge in [0.1, 0.15) is 0 Å². The molecule has 1 atom stereocenters. The van der Waals surface area contributed by atoms with E-state index in [-0.39, 0.29) is 17.9 Å². The van der Waals surface area contributed by atoms with Crippen LogP contribution in [0.3, 0.4) is 0 Å². The number of anilines is 1. The molecular formula is C22H34N4O. The van der Waals surface area contributed by atoms with Crippen LogP contribution in [0, 0.1) is 11.8 Å². The molecule has 0 unspecified atom stereocenters. The van der Waals surface area contributed by atoms with E-state index < -0.39 is 0 Å². The zero-order valence-electron chi connectivity index (χ0n) is 17.2. The molecule has 5 heteroatoms. The minimum absolute atomic E-state index is 0.128. The van der Waals surface area contributed by atoms with E-state index >= 15 is 0 Å². The van der Waals surface area contributed by atoms with Crippen LogP contribution in [0.15, 0.2) is 24.3 Å². The summed E-state index contributed by atoms with van der Waals surface area (Å²) in [7, 11) is 0. The number of carbonyl (C=O) groups is 1. The standard InChI is InChI=1S/C22H34N4O/c1-5-17(4)23-21(27)18-11-13-25(14-12-18)22-24-19-8-6-7-9-20(19)26(22)15-10-16(2)3/h6-9,16-18H,5,10-15H2,1-4H3,(H,23,27)/t17-/m1/s1. The molecule has 1 amide bonds. The summed E-state index contributed by atoms with van der Waals surface area (Å²) in [6, 6.07) is 8.66. The third kappa shape index (κ3) is 4.63. The van der Waals surface area contributed by atoms with Gasteiger partial charge >= 0.3 is 0 Å². The highest BCUT2D eigenvalue weighted by atomic mass is 16.1. The topological polar surface area (TPSA) is 50.2 Å². The Balaban J connectivity index is 1.73. The second kappa shape index (κ2) is 8.77. The van der Waals surface area contributed by atoms with Gasteiger partial charge in [-0.15, -0.1) is 0 Å². The predicted octanol–water partition coefficient (Wildman–Crippen LogP) is 4.21. The Labute approximate surface area is 163 Å². The second-order valence-corrected chi connectivity index (χ2v) is 8.31. The van der Waals surface area contributed by atoms with Crippen molar-refractivity contribution in [3.8, 4) is 0 Å². The number of aryl methyl sites for hydroxylation is 1. The fraction of sp³-hybridized carbons (Fsp3) is 0.636. The van der Waals surface area contributed by atoms with Gasteiger partial charge in [0.25, 0.3) is 0 Å². The third-order valence-corrected chi connectivity index (χ3v) is 5.71. The van der Waals surface area contributed by atoms with Gasteiger partial charge in [0.05, 0.1) is 11.0 Å². The summed E-state index contributed by atoms with van der Waals surface area (Å²) >= 11 is 0. The van der Waals surface area contributed by atoms with Crippen LogP contribution in [0.4, 0.5) is 5.95 Å². The first-order chi connectivity index (χ1) is 13.0. The molecule has 1 aromatic carbocycles. The summed E-state index contributed by atoms with van der Waals surface area (Å²) in [4.78, 5) is 19.7. The lowest BCUT2D eigenvalue weighted by Crippen LogP contribution is -2.43. The number of piperidine rings is 1. The average molecular weight is 371 g/mol. The first-order valence-electron chi connectivity index (χ1n) is 10.5. The number of amides is 1. The molecule has 2 heterocycles. The second-order valence-electron chi connectivity index (χ2n) is 8.31. The SMILES string of the molecule is CC[C@@H](C)NC(=O)C1CCN(c2nc3ccccc3n2CCC(C)C)CC1. The molecule has 1 saturated heterocycles. The Morgan fingerprint density at radius 3 is 2.59 bits per heavy atom. The van der Waals surface area contributed by atoms with Crippen molar-refractivity contribution in [2.75, 3.05) is 18.0 Å². The number of fused-ring (bicyclic) bond motifs is 1. The molecule has 1 N–H and O–H groups in total. The van der Waals surface area contributed by atoms with Crippen molar-refractivity contribution in [1.82, 2.24) is 14.9 Å². The van der Waals surface area contributed by atoms with Gasteiger partial charge in [-0.3, -0.25) is 4.79 Å². The normalized spacial score (nSPS) is 16.9. The first kappa shape index (κ1) is 19.7. The minimum atomic E-state index is 0.128. The lowest BCUT2D eigenvalue weighted by molar-refractivity contribution is -0.126. The van der Waals surface area contributed by atoms with Crippen molar-refractivity contribution in [1.29, 1.82) is 0 Å². The maximum Gasteiger partial charge on any atom is 0.223 e. The van der Waals surface area contributed by atoms with Gasteiger partial charge in [0.2, 0.25) is 11.9 Å². The Bertz CT molecular complexity index is 759. The predicted molar refractivity (Wildman–Crippen MR) is 112 cm³/mol. The van der Waals surface area contributed by atoms with Gasteiger partial charge in [-0.2, -0.15) is 0 Å². The molecule has 0 saturated carbocycles. The van der Waals surface area contributed by atoms with Gasteiger partial charge in [-0.1, -0.05) is 32.9 Å². The van der Waals surface area contributed by atoms with Crippen LogP contribution in [0.2, 0.25) is 0 Å². The third-order valence-electron chi connectivity index (χ3n) is 5.71. The summed E-state index contributed by atoms with van der Waals surface area (Å²) < 4.78 is 2.37. The molecule has 1 aliphatic heterocycles. The van der Waals surface area contributed by atoms with Crippen LogP contribution in [0.1, 0.15) is 53.4 Å². The average Bonchev–Trinajstić information content (AvgIpc) is 3.04. The lowest BCUT2D eigenvalue weighted by atomic mass is 9.95. The van der Waals surface area contributed by atoms with E-state index in [0.29, 0.717) is 5.92 Å². The molecule has 148 valence electrons. The van der Waals surface area contributed by atoms with Crippen molar-refractivity contribution < 1.29 is 4.79 Å². The van der Waals surface area contributed by atoms with Crippen LogP contribution in [-0.2, 0) is 11.3 Å². The van der Waals surface area contributed by atoms with E-state index in [0.717, 1.165) is 56.8 Å². The number of nitrogens with zero attached hydrogens (tertiary/aromatic N) is 3. The van der Waals surface area contributed by atoms with Gasteiger partial charge < -0.3 is 14.8 Å². The minimum Gasteiger partial charge on any atom is -0.353 e. The number of hydrogen-bond acceptors (Lipinski definition) is 3. The zero-order valence-corrected chi connectivity index (χ0v) is 17.2. The molecule has 2 aromatic rings. The molecule has 1 aromatic heterocycles. The highest BCUT2D eigenvalue weighted by molar-refractivity contribution is 5.80. The van der Waals surface area contributed by atoms with Crippen molar-refractivity contribution in [2.45, 2.75) is 66.0 Å². The molecular weight excluding hydrogens is 336 g/mol. The highest BCUT2D eigenvalue weighted by Gasteiger charge is 2.28. The van der Waals surface area contributed by atoms with E-state index in [4.69, 9.17) is 4.98 Å². The van der Waals surface area contributed by atoms with Gasteiger partial charge in [-0.25, -0.2) is 4.98 Å². The van der Waals surface area contributed by atoms with Crippen molar-refractivity contribution in [3.63, 3.8) is 0 Å². The fourth-order valence-corrected chi connectivity index (χ4v) is 3.72. The Morgan fingerprint density at radius 1 is 1.22 bits per heavy atom. The van der Waals surface area contributed by atoms with Crippen LogP contribution in [0.25, 0.3) is 11.0 Å². The number of hydrogen-bond donors (Lipinski definition) is 1. The van der Waals surface area contributed by atoms with Crippen molar-refractivity contribution in [2.24, 2.45) is 11.8 Å². The van der Waals surface area contributed by atoms with Crippen LogP contribution in [-0.4, -0.2) is 34.6 Å². The van der Waals surface area contributed by atoms with Crippen LogP contribution < -0.4 is 10.2 Å². The maximum absolute atomic E-state index is 12.4. The Hall–Kier alpha value is -2.04. The van der Waals surface area contributed by atoms with Gasteiger partial charge in [0.15, 0.2) is 0 Å². The largest absolute Gasteiger partial charge is 0.353 e. The Morgan fingerprint density at radius 2 is 1.93 bits per heavy atom. The lowest BCUT2D eigenvalue weighted by Gasteiger charge is -2.33. The summed E-state index contributed by atoms with van der Waals surface area (Å²) in [6.07, 6.45) is 3.91. The number of para-hydroxylation sites is 2. The monoisotopic (exact) mass is 370 g/mol. The van der Waals surface area contributed by atoms with Crippen LogP contribution in [0.5, 0.6) is 0 Å². The summed E-state index contributed by atoms with van der Waals surface area (Å²) in [5.41, 5.74) is 2.28. The molecule has 5 nitrogen and oxygen atoms in total. The van der Waals surface area contributed by atoms with Gasteiger partial charge in [0, 0.05) is 31.6 Å².